The lowest BCUT2D eigenvalue weighted by atomic mass is 10.0. The summed E-state index contributed by atoms with van der Waals surface area (Å²) in [6.07, 6.45) is 2.11. The predicted molar refractivity (Wildman–Crippen MR) is 62.1 cm³/mol. The Kier molecular flexibility index (Phi) is 5.20. The van der Waals surface area contributed by atoms with Gasteiger partial charge in [0.25, 0.3) is 0 Å². The molecule has 0 aromatic heterocycles. The van der Waals surface area contributed by atoms with E-state index in [1.165, 1.54) is 0 Å². The highest BCUT2D eigenvalue weighted by molar-refractivity contribution is 5.04. The van der Waals surface area contributed by atoms with Crippen LogP contribution in [-0.2, 0) is 9.47 Å². The van der Waals surface area contributed by atoms with Crippen LogP contribution in [0.4, 0.5) is 0 Å². The summed E-state index contributed by atoms with van der Waals surface area (Å²) in [5.74, 6) is 0. The van der Waals surface area contributed by atoms with Gasteiger partial charge >= 0.3 is 0 Å². The summed E-state index contributed by atoms with van der Waals surface area (Å²) in [6, 6.07) is 2.56. The lowest BCUT2D eigenvalue weighted by Crippen LogP contribution is -2.49. The second kappa shape index (κ2) is 6.19. The van der Waals surface area contributed by atoms with E-state index < -0.39 is 5.54 Å². The SMILES string of the molecule is CC(C)NC(C)(C#N)COC1CCOCC1. The van der Waals surface area contributed by atoms with Crippen LogP contribution in [0, 0.1) is 11.3 Å². The number of hydrogen-bond acceptors (Lipinski definition) is 4. The highest BCUT2D eigenvalue weighted by Crippen LogP contribution is 2.14. The molecule has 0 aliphatic carbocycles. The fourth-order valence-corrected chi connectivity index (χ4v) is 1.87. The van der Waals surface area contributed by atoms with Gasteiger partial charge in [0, 0.05) is 19.3 Å². The van der Waals surface area contributed by atoms with Crippen molar-refractivity contribution in [1.29, 1.82) is 5.26 Å². The van der Waals surface area contributed by atoms with Crippen molar-refractivity contribution in [1.82, 2.24) is 5.32 Å². The highest BCUT2D eigenvalue weighted by atomic mass is 16.5. The number of nitrogens with one attached hydrogen (secondary N) is 1. The Labute approximate surface area is 97.9 Å². The van der Waals surface area contributed by atoms with Gasteiger partial charge < -0.3 is 9.47 Å². The van der Waals surface area contributed by atoms with Crippen molar-refractivity contribution in [3.05, 3.63) is 0 Å². The summed E-state index contributed by atoms with van der Waals surface area (Å²) in [6.45, 7) is 7.92. The molecule has 1 fully saturated rings. The third kappa shape index (κ3) is 4.48. The molecule has 1 aliphatic rings. The van der Waals surface area contributed by atoms with Crippen LogP contribution >= 0.6 is 0 Å². The van der Waals surface area contributed by atoms with Crippen LogP contribution in [0.2, 0.25) is 0 Å². The number of hydrogen-bond donors (Lipinski definition) is 1. The van der Waals surface area contributed by atoms with Gasteiger partial charge in [0.1, 0.15) is 5.54 Å². The molecule has 16 heavy (non-hydrogen) atoms. The van der Waals surface area contributed by atoms with E-state index in [2.05, 4.69) is 11.4 Å². The van der Waals surface area contributed by atoms with Gasteiger partial charge in [-0.05, 0) is 33.6 Å². The number of nitriles is 1. The molecule has 1 aliphatic heterocycles. The Balaban J connectivity index is 2.35. The van der Waals surface area contributed by atoms with Crippen molar-refractivity contribution < 1.29 is 9.47 Å². The first kappa shape index (κ1) is 13.4. The molecule has 1 N–H and O–H groups in total. The first-order valence-electron chi connectivity index (χ1n) is 5.94. The minimum atomic E-state index is -0.591. The largest absolute Gasteiger partial charge is 0.381 e. The van der Waals surface area contributed by atoms with E-state index in [0.29, 0.717) is 6.61 Å². The van der Waals surface area contributed by atoms with Crippen LogP contribution < -0.4 is 5.32 Å². The fourth-order valence-electron chi connectivity index (χ4n) is 1.87. The molecular formula is C12H22N2O2. The predicted octanol–water partition coefficient (Wildman–Crippen LogP) is 1.46. The molecule has 1 heterocycles. The van der Waals surface area contributed by atoms with Crippen LogP contribution in [0.1, 0.15) is 33.6 Å². The van der Waals surface area contributed by atoms with Crippen LogP contribution in [0.15, 0.2) is 0 Å². The van der Waals surface area contributed by atoms with Crippen molar-refractivity contribution in [3.8, 4) is 6.07 Å². The third-order valence-corrected chi connectivity index (χ3v) is 2.63. The summed E-state index contributed by atoms with van der Waals surface area (Å²) in [5.41, 5.74) is -0.591. The van der Waals surface area contributed by atoms with Gasteiger partial charge in [-0.25, -0.2) is 0 Å². The monoisotopic (exact) mass is 226 g/mol. The smallest absolute Gasteiger partial charge is 0.127 e. The molecule has 1 atom stereocenters. The molecule has 1 rings (SSSR count). The van der Waals surface area contributed by atoms with E-state index in [1.54, 1.807) is 0 Å². The molecular weight excluding hydrogens is 204 g/mol. The van der Waals surface area contributed by atoms with E-state index in [1.807, 2.05) is 20.8 Å². The summed E-state index contributed by atoms with van der Waals surface area (Å²) in [7, 11) is 0. The van der Waals surface area contributed by atoms with Crippen LogP contribution in [0.25, 0.3) is 0 Å². The maximum absolute atomic E-state index is 9.15. The molecule has 0 bridgehead atoms. The molecule has 0 aromatic carbocycles. The number of rotatable bonds is 5. The van der Waals surface area contributed by atoms with E-state index in [4.69, 9.17) is 14.7 Å². The van der Waals surface area contributed by atoms with Crippen molar-refractivity contribution in [2.24, 2.45) is 0 Å². The molecule has 0 aromatic rings. The van der Waals surface area contributed by atoms with E-state index in [9.17, 15) is 0 Å². The molecule has 1 saturated heterocycles. The summed E-state index contributed by atoms with van der Waals surface area (Å²) in [5, 5.41) is 12.4. The Bertz CT molecular complexity index is 244. The van der Waals surface area contributed by atoms with Crippen LogP contribution in [-0.4, -0.2) is 37.5 Å². The lowest BCUT2D eigenvalue weighted by molar-refractivity contribution is -0.0439. The second-order valence-corrected chi connectivity index (χ2v) is 4.87. The Morgan fingerprint density at radius 3 is 2.62 bits per heavy atom. The van der Waals surface area contributed by atoms with Crippen LogP contribution in [0.5, 0.6) is 0 Å². The first-order valence-corrected chi connectivity index (χ1v) is 5.94. The van der Waals surface area contributed by atoms with Crippen molar-refractivity contribution in [2.75, 3.05) is 19.8 Å². The Hall–Kier alpha value is -0.630. The minimum absolute atomic E-state index is 0.246. The second-order valence-electron chi connectivity index (χ2n) is 4.87. The minimum Gasteiger partial charge on any atom is -0.381 e. The zero-order valence-corrected chi connectivity index (χ0v) is 10.5. The van der Waals surface area contributed by atoms with E-state index in [-0.39, 0.29) is 12.1 Å². The normalized spacial score (nSPS) is 21.7. The fraction of sp³-hybridized carbons (Fsp3) is 0.917. The van der Waals surface area contributed by atoms with Gasteiger partial charge in [-0.3, -0.25) is 5.32 Å². The average molecular weight is 226 g/mol. The maximum Gasteiger partial charge on any atom is 0.127 e. The topological polar surface area (TPSA) is 54.3 Å². The van der Waals surface area contributed by atoms with Crippen molar-refractivity contribution in [2.45, 2.75) is 51.3 Å². The highest BCUT2D eigenvalue weighted by Gasteiger charge is 2.26. The maximum atomic E-state index is 9.15. The number of ether oxygens (including phenoxy) is 2. The molecule has 0 saturated carbocycles. The van der Waals surface area contributed by atoms with Crippen molar-refractivity contribution >= 4 is 0 Å². The van der Waals surface area contributed by atoms with Gasteiger partial charge in [-0.2, -0.15) is 5.26 Å². The van der Waals surface area contributed by atoms with Gasteiger partial charge in [0.05, 0.1) is 18.8 Å². The Morgan fingerprint density at radius 2 is 2.12 bits per heavy atom. The van der Waals surface area contributed by atoms with Gasteiger partial charge in [-0.15, -0.1) is 0 Å². The average Bonchev–Trinajstić information content (AvgIpc) is 2.27. The third-order valence-electron chi connectivity index (χ3n) is 2.63. The standard InChI is InChI=1S/C12H22N2O2/c1-10(2)14-12(3,8-13)9-16-11-4-6-15-7-5-11/h10-11,14H,4-7,9H2,1-3H3. The summed E-state index contributed by atoms with van der Waals surface area (Å²) < 4.78 is 11.0. The van der Waals surface area contributed by atoms with Crippen LogP contribution in [0.3, 0.4) is 0 Å². The molecule has 4 nitrogen and oxygen atoms in total. The molecule has 0 radical (unpaired) electrons. The lowest BCUT2D eigenvalue weighted by Gasteiger charge is -2.29. The summed E-state index contributed by atoms with van der Waals surface area (Å²) >= 11 is 0. The molecule has 4 heteroatoms. The molecule has 0 amide bonds. The van der Waals surface area contributed by atoms with Crippen molar-refractivity contribution in [3.63, 3.8) is 0 Å². The zero-order chi connectivity index (χ0) is 12.0. The van der Waals surface area contributed by atoms with E-state index in [0.717, 1.165) is 26.1 Å². The first-order chi connectivity index (χ1) is 7.56. The quantitative estimate of drug-likeness (QED) is 0.771. The van der Waals surface area contributed by atoms with Gasteiger partial charge in [0.15, 0.2) is 0 Å². The molecule has 0 spiro atoms. The number of nitrogens with zero attached hydrogens (tertiary/aromatic N) is 1. The van der Waals surface area contributed by atoms with Gasteiger partial charge in [-0.1, -0.05) is 0 Å². The zero-order valence-electron chi connectivity index (χ0n) is 10.5. The molecule has 92 valence electrons. The van der Waals surface area contributed by atoms with Gasteiger partial charge in [0.2, 0.25) is 0 Å². The van der Waals surface area contributed by atoms with E-state index >= 15 is 0 Å². The molecule has 1 unspecified atom stereocenters. The summed E-state index contributed by atoms with van der Waals surface area (Å²) in [4.78, 5) is 0. The Morgan fingerprint density at radius 1 is 1.50 bits per heavy atom.